The van der Waals surface area contributed by atoms with Gasteiger partial charge in [0.2, 0.25) is 5.91 Å². The molecular formula is C18H16FN3OS. The van der Waals surface area contributed by atoms with Crippen molar-refractivity contribution in [3.63, 3.8) is 0 Å². The molecule has 0 bridgehead atoms. The molecule has 0 aliphatic carbocycles. The highest BCUT2D eigenvalue weighted by Crippen LogP contribution is 2.28. The Kier molecular flexibility index (Phi) is 4.86. The molecule has 0 saturated heterocycles. The van der Waals surface area contributed by atoms with E-state index in [9.17, 15) is 9.18 Å². The molecule has 1 heterocycles. The van der Waals surface area contributed by atoms with Crippen LogP contribution >= 0.6 is 11.3 Å². The standard InChI is InChI=1S/C18H16FN3OS/c1-2-17(23)20-13-9-7-12(8-10-13)16-11-24-18(22-16)21-15-6-4-3-5-14(15)19/h3-11H,2H2,1H3,(H,20,23)(H,21,22). The fraction of sp³-hybridized carbons (Fsp3) is 0.111. The Morgan fingerprint density at radius 1 is 1.17 bits per heavy atom. The van der Waals surface area contributed by atoms with Crippen LogP contribution in [-0.4, -0.2) is 10.9 Å². The molecule has 6 heteroatoms. The van der Waals surface area contributed by atoms with E-state index < -0.39 is 0 Å². The van der Waals surface area contributed by atoms with E-state index in [0.29, 0.717) is 17.2 Å². The van der Waals surface area contributed by atoms with Crippen molar-refractivity contribution in [1.82, 2.24) is 4.98 Å². The smallest absolute Gasteiger partial charge is 0.224 e. The SMILES string of the molecule is CCC(=O)Nc1ccc(-c2csc(Nc3ccccc3F)n2)cc1. The van der Waals surface area contributed by atoms with Crippen molar-refractivity contribution in [2.24, 2.45) is 0 Å². The number of carbonyl (C=O) groups excluding carboxylic acids is 1. The summed E-state index contributed by atoms with van der Waals surface area (Å²) in [7, 11) is 0. The number of aromatic nitrogens is 1. The van der Waals surface area contributed by atoms with E-state index in [-0.39, 0.29) is 11.7 Å². The number of carbonyl (C=O) groups is 1. The van der Waals surface area contributed by atoms with Crippen LogP contribution in [0.5, 0.6) is 0 Å². The Balaban J connectivity index is 1.73. The van der Waals surface area contributed by atoms with Crippen molar-refractivity contribution >= 4 is 33.8 Å². The predicted molar refractivity (Wildman–Crippen MR) is 96.2 cm³/mol. The van der Waals surface area contributed by atoms with Crippen LogP contribution < -0.4 is 10.6 Å². The number of halogens is 1. The number of hydrogen-bond acceptors (Lipinski definition) is 4. The van der Waals surface area contributed by atoms with Gasteiger partial charge in [0.25, 0.3) is 0 Å². The maximum Gasteiger partial charge on any atom is 0.224 e. The zero-order valence-corrected chi connectivity index (χ0v) is 13.9. The molecule has 24 heavy (non-hydrogen) atoms. The number of nitrogens with zero attached hydrogens (tertiary/aromatic N) is 1. The van der Waals surface area contributed by atoms with Gasteiger partial charge in [0.05, 0.1) is 11.4 Å². The van der Waals surface area contributed by atoms with Crippen LogP contribution in [0.3, 0.4) is 0 Å². The van der Waals surface area contributed by atoms with E-state index in [1.165, 1.54) is 17.4 Å². The first-order chi connectivity index (χ1) is 11.7. The minimum absolute atomic E-state index is 0.0206. The first kappa shape index (κ1) is 16.1. The van der Waals surface area contributed by atoms with Gasteiger partial charge in [-0.05, 0) is 24.3 Å². The second-order valence-corrected chi connectivity index (χ2v) is 5.98. The van der Waals surface area contributed by atoms with Gasteiger partial charge < -0.3 is 10.6 Å². The molecule has 122 valence electrons. The lowest BCUT2D eigenvalue weighted by molar-refractivity contribution is -0.115. The first-order valence-electron chi connectivity index (χ1n) is 7.53. The third-order valence-electron chi connectivity index (χ3n) is 3.41. The van der Waals surface area contributed by atoms with Gasteiger partial charge in [-0.15, -0.1) is 11.3 Å². The van der Waals surface area contributed by atoms with Gasteiger partial charge in [-0.25, -0.2) is 9.37 Å². The zero-order valence-electron chi connectivity index (χ0n) is 13.0. The average Bonchev–Trinajstić information content (AvgIpc) is 3.06. The average molecular weight is 341 g/mol. The van der Waals surface area contributed by atoms with Crippen LogP contribution in [0, 0.1) is 5.82 Å². The topological polar surface area (TPSA) is 54.0 Å². The molecule has 0 unspecified atom stereocenters. The molecule has 3 aromatic rings. The minimum atomic E-state index is -0.315. The molecule has 0 fully saturated rings. The lowest BCUT2D eigenvalue weighted by Crippen LogP contribution is -2.08. The van der Waals surface area contributed by atoms with Crippen LogP contribution in [0.4, 0.5) is 20.9 Å². The Labute approximate surface area is 143 Å². The normalized spacial score (nSPS) is 10.4. The fourth-order valence-corrected chi connectivity index (χ4v) is 2.85. The summed E-state index contributed by atoms with van der Waals surface area (Å²) in [4.78, 5) is 15.9. The van der Waals surface area contributed by atoms with Gasteiger partial charge in [-0.3, -0.25) is 4.79 Å². The molecular weight excluding hydrogens is 325 g/mol. The molecule has 1 aromatic heterocycles. The molecule has 0 radical (unpaired) electrons. The molecule has 0 aliphatic heterocycles. The third kappa shape index (κ3) is 3.78. The third-order valence-corrected chi connectivity index (χ3v) is 4.16. The number of nitrogens with one attached hydrogen (secondary N) is 2. The Morgan fingerprint density at radius 2 is 1.92 bits per heavy atom. The molecule has 2 N–H and O–H groups in total. The molecule has 0 aliphatic rings. The minimum Gasteiger partial charge on any atom is -0.329 e. The fourth-order valence-electron chi connectivity index (χ4n) is 2.12. The predicted octanol–water partition coefficient (Wildman–Crippen LogP) is 5.04. The number of amides is 1. The van der Waals surface area contributed by atoms with Crippen molar-refractivity contribution in [2.45, 2.75) is 13.3 Å². The maximum atomic E-state index is 13.7. The zero-order chi connectivity index (χ0) is 16.9. The summed E-state index contributed by atoms with van der Waals surface area (Å²) in [6.45, 7) is 1.81. The summed E-state index contributed by atoms with van der Waals surface area (Å²) in [6, 6.07) is 14.0. The number of anilines is 3. The van der Waals surface area contributed by atoms with E-state index >= 15 is 0 Å². The summed E-state index contributed by atoms with van der Waals surface area (Å²) < 4.78 is 13.7. The summed E-state index contributed by atoms with van der Waals surface area (Å²) >= 11 is 1.41. The van der Waals surface area contributed by atoms with Crippen molar-refractivity contribution in [3.05, 3.63) is 59.7 Å². The molecule has 4 nitrogen and oxygen atoms in total. The van der Waals surface area contributed by atoms with Crippen LogP contribution in [0.25, 0.3) is 11.3 Å². The molecule has 2 aromatic carbocycles. The van der Waals surface area contributed by atoms with Crippen molar-refractivity contribution in [2.75, 3.05) is 10.6 Å². The molecule has 1 amide bonds. The number of rotatable bonds is 5. The Morgan fingerprint density at radius 3 is 2.62 bits per heavy atom. The molecule has 0 saturated carbocycles. The summed E-state index contributed by atoms with van der Waals surface area (Å²) in [5, 5.41) is 8.32. The lowest BCUT2D eigenvalue weighted by atomic mass is 10.1. The van der Waals surface area contributed by atoms with Crippen molar-refractivity contribution < 1.29 is 9.18 Å². The lowest BCUT2D eigenvalue weighted by Gasteiger charge is -2.04. The number of thiazole rings is 1. The van der Waals surface area contributed by atoms with E-state index in [4.69, 9.17) is 0 Å². The molecule has 0 atom stereocenters. The van der Waals surface area contributed by atoms with Crippen molar-refractivity contribution in [1.29, 1.82) is 0 Å². The summed E-state index contributed by atoms with van der Waals surface area (Å²) in [5.41, 5.74) is 2.89. The second-order valence-electron chi connectivity index (χ2n) is 5.12. The van der Waals surface area contributed by atoms with E-state index in [0.717, 1.165) is 16.9 Å². The van der Waals surface area contributed by atoms with E-state index in [1.807, 2.05) is 36.6 Å². The van der Waals surface area contributed by atoms with E-state index in [1.54, 1.807) is 18.2 Å². The van der Waals surface area contributed by atoms with Gasteiger partial charge in [0.15, 0.2) is 5.13 Å². The van der Waals surface area contributed by atoms with Gasteiger partial charge in [-0.1, -0.05) is 31.2 Å². The number of benzene rings is 2. The highest BCUT2D eigenvalue weighted by molar-refractivity contribution is 7.14. The van der Waals surface area contributed by atoms with Crippen LogP contribution in [0.2, 0.25) is 0 Å². The number of hydrogen-bond donors (Lipinski definition) is 2. The number of para-hydroxylation sites is 1. The quantitative estimate of drug-likeness (QED) is 0.683. The highest BCUT2D eigenvalue weighted by Gasteiger charge is 2.07. The largest absolute Gasteiger partial charge is 0.329 e. The van der Waals surface area contributed by atoms with Gasteiger partial charge in [-0.2, -0.15) is 0 Å². The summed E-state index contributed by atoms with van der Waals surface area (Å²) in [5.74, 6) is -0.335. The van der Waals surface area contributed by atoms with Crippen molar-refractivity contribution in [3.8, 4) is 11.3 Å². The summed E-state index contributed by atoms with van der Waals surface area (Å²) in [6.07, 6.45) is 0.443. The van der Waals surface area contributed by atoms with E-state index in [2.05, 4.69) is 15.6 Å². The van der Waals surface area contributed by atoms with Crippen LogP contribution in [-0.2, 0) is 4.79 Å². The van der Waals surface area contributed by atoms with Gasteiger partial charge in [0.1, 0.15) is 5.82 Å². The first-order valence-corrected chi connectivity index (χ1v) is 8.41. The van der Waals surface area contributed by atoms with Gasteiger partial charge in [0, 0.05) is 23.1 Å². The Bertz CT molecular complexity index is 845. The van der Waals surface area contributed by atoms with Crippen LogP contribution in [0.1, 0.15) is 13.3 Å². The second kappa shape index (κ2) is 7.23. The molecule has 3 rings (SSSR count). The van der Waals surface area contributed by atoms with Gasteiger partial charge >= 0.3 is 0 Å². The Hall–Kier alpha value is -2.73. The molecule has 0 spiro atoms. The van der Waals surface area contributed by atoms with Crippen LogP contribution in [0.15, 0.2) is 53.9 Å². The highest BCUT2D eigenvalue weighted by atomic mass is 32.1. The maximum absolute atomic E-state index is 13.7. The monoisotopic (exact) mass is 341 g/mol.